The van der Waals surface area contributed by atoms with E-state index in [9.17, 15) is 14.4 Å². The summed E-state index contributed by atoms with van der Waals surface area (Å²) in [5.74, 6) is 2.02. The van der Waals surface area contributed by atoms with Crippen LogP contribution in [0.5, 0.6) is 0 Å². The molecule has 302 valence electrons. The lowest BCUT2D eigenvalue weighted by molar-refractivity contribution is -0.135. The Morgan fingerprint density at radius 1 is 0.845 bits per heavy atom. The summed E-state index contributed by atoms with van der Waals surface area (Å²) in [7, 11) is 1.30. The Hall–Kier alpha value is -5.58. The topological polar surface area (TPSA) is 142 Å². The minimum Gasteiger partial charge on any atom is -0.453 e. The van der Waals surface area contributed by atoms with Crippen molar-refractivity contribution in [1.82, 2.24) is 30.5 Å². The van der Waals surface area contributed by atoms with Gasteiger partial charge in [-0.2, -0.15) is 0 Å². The third-order valence-corrected chi connectivity index (χ3v) is 13.0. The van der Waals surface area contributed by atoms with Gasteiger partial charge in [-0.05, 0) is 95.2 Å². The number of allylic oxidation sites excluding steroid dienone is 1. The zero-order valence-electron chi connectivity index (χ0n) is 34.2. The lowest BCUT2D eigenvalue weighted by atomic mass is 9.74. The number of aliphatic imine (C=N–C) groups is 1. The Labute approximate surface area is 341 Å². The number of pyridine rings is 1. The van der Waals surface area contributed by atoms with Crippen molar-refractivity contribution in [1.29, 1.82) is 0 Å². The first-order valence-electron chi connectivity index (χ1n) is 21.0. The molecule has 3 unspecified atom stereocenters. The van der Waals surface area contributed by atoms with Gasteiger partial charge >= 0.3 is 6.09 Å². The number of H-pyrrole nitrogens is 1. The highest BCUT2D eigenvalue weighted by Crippen LogP contribution is 2.54. The Kier molecular flexibility index (Phi) is 11.3. The summed E-state index contributed by atoms with van der Waals surface area (Å²) >= 11 is 0. The summed E-state index contributed by atoms with van der Waals surface area (Å²) in [6, 6.07) is 20.2. The number of hydrogen-bond acceptors (Lipinski definition) is 7. The third-order valence-electron chi connectivity index (χ3n) is 13.0. The van der Waals surface area contributed by atoms with Gasteiger partial charge in [0.25, 0.3) is 0 Å². The molecule has 0 radical (unpaired) electrons. The zero-order valence-corrected chi connectivity index (χ0v) is 34.2. The molecular formula is C47H55N7O4. The molecular weight excluding hydrogens is 727 g/mol. The molecule has 1 saturated heterocycles. The molecule has 0 spiro atoms. The number of alkyl carbamates (subject to hydrolysis) is 1. The van der Waals surface area contributed by atoms with Crippen LogP contribution < -0.4 is 10.6 Å². The van der Waals surface area contributed by atoms with Crippen molar-refractivity contribution in [2.24, 2.45) is 40.5 Å². The van der Waals surface area contributed by atoms with Crippen LogP contribution in [0, 0.1) is 35.5 Å². The molecule has 3 amide bonds. The highest BCUT2D eigenvalue weighted by atomic mass is 16.5. The molecule has 8 rings (SSSR count). The number of aromatic nitrogens is 3. The maximum atomic E-state index is 14.0. The van der Waals surface area contributed by atoms with Crippen molar-refractivity contribution in [3.05, 3.63) is 102 Å². The zero-order chi connectivity index (χ0) is 40.5. The van der Waals surface area contributed by atoms with E-state index in [0.717, 1.165) is 77.2 Å². The average Bonchev–Trinajstić information content (AvgIpc) is 4.10. The number of nitrogens with one attached hydrogen (secondary N) is 3. The van der Waals surface area contributed by atoms with Gasteiger partial charge in [-0.15, -0.1) is 0 Å². The van der Waals surface area contributed by atoms with Gasteiger partial charge in [0.2, 0.25) is 11.8 Å². The smallest absolute Gasteiger partial charge is 0.407 e. The number of fused-ring (bicyclic) bond motifs is 2. The van der Waals surface area contributed by atoms with Gasteiger partial charge in [0, 0.05) is 49.1 Å². The lowest BCUT2D eigenvalue weighted by Crippen LogP contribution is -2.51. The maximum Gasteiger partial charge on any atom is 0.407 e. The van der Waals surface area contributed by atoms with Crippen LogP contribution in [0.3, 0.4) is 0 Å². The number of likely N-dealkylation sites (tertiary alicyclic amines) is 1. The molecule has 2 saturated carbocycles. The summed E-state index contributed by atoms with van der Waals surface area (Å²) in [6.45, 7) is 8.74. The van der Waals surface area contributed by atoms with E-state index in [1.165, 1.54) is 19.1 Å². The van der Waals surface area contributed by atoms with Crippen molar-refractivity contribution in [2.75, 3.05) is 13.7 Å². The van der Waals surface area contributed by atoms with Crippen molar-refractivity contribution in [3.8, 4) is 22.4 Å². The molecule has 2 aliphatic carbocycles. The monoisotopic (exact) mass is 781 g/mol. The van der Waals surface area contributed by atoms with Crippen LogP contribution in [0.25, 0.3) is 28.0 Å². The van der Waals surface area contributed by atoms with Crippen molar-refractivity contribution in [3.63, 3.8) is 0 Å². The van der Waals surface area contributed by atoms with E-state index in [2.05, 4.69) is 89.0 Å². The van der Waals surface area contributed by atoms with Crippen LogP contribution in [-0.4, -0.2) is 63.2 Å². The number of imidazole rings is 1. The van der Waals surface area contributed by atoms with E-state index in [1.54, 1.807) is 6.20 Å². The van der Waals surface area contributed by atoms with E-state index < -0.39 is 12.1 Å². The Bertz CT molecular complexity index is 2180. The Morgan fingerprint density at radius 3 is 2.22 bits per heavy atom. The molecule has 2 aromatic carbocycles. The molecule has 3 fully saturated rings. The van der Waals surface area contributed by atoms with Crippen LogP contribution >= 0.6 is 0 Å². The molecule has 4 aliphatic rings. The maximum absolute atomic E-state index is 14.0. The summed E-state index contributed by atoms with van der Waals surface area (Å²) in [5, 5.41) is 6.15. The minimum atomic E-state index is -0.675. The number of amides is 3. The molecule has 7 atom stereocenters. The molecule has 11 heteroatoms. The van der Waals surface area contributed by atoms with E-state index in [0.29, 0.717) is 18.4 Å². The number of hydrogen-bond donors (Lipinski definition) is 3. The van der Waals surface area contributed by atoms with E-state index >= 15 is 0 Å². The lowest BCUT2D eigenvalue weighted by Gasteiger charge is -2.33. The van der Waals surface area contributed by atoms with Crippen LogP contribution in [0.2, 0.25) is 0 Å². The van der Waals surface area contributed by atoms with Gasteiger partial charge in [0.15, 0.2) is 0 Å². The van der Waals surface area contributed by atoms with Gasteiger partial charge in [0.05, 0.1) is 31.1 Å². The van der Waals surface area contributed by atoms with Gasteiger partial charge < -0.3 is 25.3 Å². The number of methoxy groups -OCH3 is 1. The fourth-order valence-electron chi connectivity index (χ4n) is 9.98. The third kappa shape index (κ3) is 7.83. The standard InChI is InChI=1S/C47H55N7O4/c1-27(2)42(35-8-6-20-48-24-35)52-45(55)41-34-19-18-33(22-34)40(41)37-23-36(25-49-37)31-12-10-29(11-13-31)30-14-16-32(17-15-30)38-26-50-44(51-38)39-9-7-21-54(39)46(56)43(28(3)4)53-47(57)58-5/h6,8,10-17,20,24-28,33-34,39-43H,7,9,18-19,21-23H2,1-5H3,(H,50,51)(H,52,55)(H,53,57)/t33?,34?,39-,40+,41-,42?,43-/m0/s1. The second kappa shape index (κ2) is 16.7. The minimum absolute atomic E-state index is 0.0391. The highest BCUT2D eigenvalue weighted by Gasteiger charge is 2.53. The van der Waals surface area contributed by atoms with Crippen LogP contribution in [0.4, 0.5) is 4.79 Å². The Balaban J connectivity index is 0.898. The van der Waals surface area contributed by atoms with Gasteiger partial charge in [0.1, 0.15) is 11.9 Å². The summed E-state index contributed by atoms with van der Waals surface area (Å²) < 4.78 is 4.77. The SMILES string of the molecule is COC(=O)N[C@H](C(=O)N1CCC[C@H]1c1ncc(-c2ccc(-c3ccc(C4=CN=C([C@H]5C6CCC(C6)[C@@H]5C(=O)NC(c5cccnc5)C(C)C)C4)cc3)cc2)[nH]1)C(C)C. The first-order valence-corrected chi connectivity index (χ1v) is 21.0. The molecule has 4 heterocycles. The molecule has 3 N–H and O–H groups in total. The summed E-state index contributed by atoms with van der Waals surface area (Å²) in [4.78, 5) is 58.9. The van der Waals surface area contributed by atoms with Crippen LogP contribution in [0.1, 0.15) is 95.3 Å². The summed E-state index contributed by atoms with van der Waals surface area (Å²) in [5.41, 5.74) is 8.70. The molecule has 4 aromatic rings. The largest absolute Gasteiger partial charge is 0.453 e. The van der Waals surface area contributed by atoms with Crippen molar-refractivity contribution >= 4 is 29.2 Å². The number of carbonyl (C=O) groups is 3. The quantitative estimate of drug-likeness (QED) is 0.132. The van der Waals surface area contributed by atoms with Gasteiger partial charge in [-0.1, -0.05) is 82.3 Å². The second-order valence-electron chi connectivity index (χ2n) is 17.2. The normalized spacial score (nSPS) is 23.5. The van der Waals surface area contributed by atoms with Crippen LogP contribution in [-0.2, 0) is 14.3 Å². The van der Waals surface area contributed by atoms with Gasteiger partial charge in [-0.25, -0.2) is 9.78 Å². The number of benzene rings is 2. The Morgan fingerprint density at radius 2 is 1.55 bits per heavy atom. The number of rotatable bonds is 12. The van der Waals surface area contributed by atoms with Crippen molar-refractivity contribution < 1.29 is 19.1 Å². The average molecular weight is 782 g/mol. The fraction of sp³-hybridized carbons (Fsp3) is 0.447. The molecule has 2 aromatic heterocycles. The number of ether oxygens (including phenoxy) is 1. The number of nitrogens with zero attached hydrogens (tertiary/aromatic N) is 4. The van der Waals surface area contributed by atoms with Crippen molar-refractivity contribution in [2.45, 2.75) is 84.3 Å². The van der Waals surface area contributed by atoms with E-state index in [-0.39, 0.29) is 47.6 Å². The van der Waals surface area contributed by atoms with Crippen LogP contribution in [0.15, 0.2) is 90.4 Å². The second-order valence-corrected chi connectivity index (χ2v) is 17.2. The van der Waals surface area contributed by atoms with E-state index in [1.807, 2.05) is 43.4 Å². The molecule has 11 nitrogen and oxygen atoms in total. The first kappa shape index (κ1) is 39.3. The number of carbonyl (C=O) groups excluding carboxylic acids is 3. The first-order chi connectivity index (χ1) is 28.1. The predicted molar refractivity (Wildman–Crippen MR) is 225 cm³/mol. The molecule has 2 aliphatic heterocycles. The molecule has 58 heavy (non-hydrogen) atoms. The van der Waals surface area contributed by atoms with Gasteiger partial charge in [-0.3, -0.25) is 19.6 Å². The fourth-order valence-corrected chi connectivity index (χ4v) is 9.98. The highest BCUT2D eigenvalue weighted by molar-refractivity contribution is 6.02. The van der Waals surface area contributed by atoms with E-state index in [4.69, 9.17) is 14.7 Å². The summed E-state index contributed by atoms with van der Waals surface area (Å²) in [6.07, 6.45) is 12.7. The number of aromatic amines is 1. The molecule has 2 bridgehead atoms. The predicted octanol–water partition coefficient (Wildman–Crippen LogP) is 8.54.